The second-order valence-electron chi connectivity index (χ2n) is 8.26. The van der Waals surface area contributed by atoms with Gasteiger partial charge < -0.3 is 25.6 Å². The Morgan fingerprint density at radius 3 is 2.74 bits per heavy atom. The minimum absolute atomic E-state index is 0.0292. The molecule has 0 spiro atoms. The highest BCUT2D eigenvalue weighted by molar-refractivity contribution is 5.96. The van der Waals surface area contributed by atoms with Gasteiger partial charge in [-0.05, 0) is 36.6 Å². The molecule has 4 rings (SSSR count). The van der Waals surface area contributed by atoms with Gasteiger partial charge in [-0.2, -0.15) is 10.4 Å². The third-order valence-corrected chi connectivity index (χ3v) is 6.04. The van der Waals surface area contributed by atoms with Gasteiger partial charge in [0, 0.05) is 12.1 Å². The first kappa shape index (κ1) is 24.2. The minimum Gasteiger partial charge on any atom is -0.496 e. The van der Waals surface area contributed by atoms with Gasteiger partial charge in [0.15, 0.2) is 0 Å². The van der Waals surface area contributed by atoms with Gasteiger partial charge in [-0.3, -0.25) is 4.79 Å². The van der Waals surface area contributed by atoms with Crippen molar-refractivity contribution in [1.29, 1.82) is 5.26 Å². The summed E-state index contributed by atoms with van der Waals surface area (Å²) in [5.74, 6) is -0.423. The average molecular weight is 480 g/mol. The number of carbonyl (C=O) groups is 1. The second kappa shape index (κ2) is 10.5. The van der Waals surface area contributed by atoms with Crippen LogP contribution >= 0.6 is 0 Å². The van der Waals surface area contributed by atoms with E-state index in [0.717, 1.165) is 18.1 Å². The second-order valence-corrected chi connectivity index (χ2v) is 8.26. The molecule has 1 amide bonds. The lowest BCUT2D eigenvalue weighted by Gasteiger charge is -2.28. The highest BCUT2D eigenvalue weighted by Gasteiger charge is 2.27. The van der Waals surface area contributed by atoms with Crippen LogP contribution in [0.4, 0.5) is 10.2 Å². The van der Waals surface area contributed by atoms with E-state index in [1.165, 1.54) is 19.2 Å². The van der Waals surface area contributed by atoms with Crippen LogP contribution < -0.4 is 15.8 Å². The molecule has 2 atom stereocenters. The monoisotopic (exact) mass is 479 g/mol. The van der Waals surface area contributed by atoms with E-state index in [-0.39, 0.29) is 48.0 Å². The van der Waals surface area contributed by atoms with Crippen molar-refractivity contribution in [2.24, 2.45) is 0 Å². The van der Waals surface area contributed by atoms with Gasteiger partial charge in [-0.15, -0.1) is 0 Å². The van der Waals surface area contributed by atoms with Crippen molar-refractivity contribution in [2.75, 3.05) is 26.1 Å². The lowest BCUT2D eigenvalue weighted by atomic mass is 10.1. The van der Waals surface area contributed by atoms with Gasteiger partial charge in [0.2, 0.25) is 0 Å². The molecule has 10 heteroatoms. The largest absolute Gasteiger partial charge is 0.496 e. The lowest BCUT2D eigenvalue weighted by Crippen LogP contribution is -2.31. The Hall–Kier alpha value is -3.94. The molecule has 0 bridgehead atoms. The van der Waals surface area contributed by atoms with Crippen molar-refractivity contribution in [3.05, 3.63) is 65.0 Å². The molecule has 2 aromatic carbocycles. The molecule has 3 aromatic rings. The normalized spacial score (nSPS) is 17.5. The van der Waals surface area contributed by atoms with E-state index in [2.05, 4.69) is 16.5 Å². The van der Waals surface area contributed by atoms with Gasteiger partial charge in [0.05, 0.1) is 38.0 Å². The summed E-state index contributed by atoms with van der Waals surface area (Å²) in [6, 6.07) is 13.0. The SMILES string of the molecule is COc1ccc(F)cc1C(=O)NCc1ccc(-c2nn(C3CCC(CO)OC3)c(N)c2C#N)cc1. The number of aromatic nitrogens is 2. The predicted molar refractivity (Wildman–Crippen MR) is 126 cm³/mol. The molecule has 2 heterocycles. The van der Waals surface area contributed by atoms with E-state index in [1.807, 2.05) is 12.1 Å². The van der Waals surface area contributed by atoms with E-state index in [1.54, 1.807) is 16.8 Å². The van der Waals surface area contributed by atoms with Crippen LogP contribution in [0.5, 0.6) is 5.75 Å². The number of nitriles is 1. The Labute approximate surface area is 201 Å². The molecule has 0 radical (unpaired) electrons. The number of halogens is 1. The molecule has 9 nitrogen and oxygen atoms in total. The number of methoxy groups -OCH3 is 1. The zero-order valence-corrected chi connectivity index (χ0v) is 19.2. The standard InChI is InChI=1S/C25H26FN5O4/c1-34-22-9-6-17(26)10-20(22)25(33)29-12-15-2-4-16(5-3-15)23-21(11-27)24(28)31(30-23)18-7-8-19(13-32)35-14-18/h2-6,9-10,18-19,32H,7-8,12-14,28H2,1H3,(H,29,33). The molecule has 2 unspecified atom stereocenters. The topological polar surface area (TPSA) is 135 Å². The number of anilines is 1. The van der Waals surface area contributed by atoms with E-state index < -0.39 is 11.7 Å². The summed E-state index contributed by atoms with van der Waals surface area (Å²) in [7, 11) is 1.42. The first-order chi connectivity index (χ1) is 16.9. The van der Waals surface area contributed by atoms with Crippen molar-refractivity contribution in [3.8, 4) is 23.1 Å². The zero-order valence-electron chi connectivity index (χ0n) is 19.2. The summed E-state index contributed by atoms with van der Waals surface area (Å²) < 4.78 is 26.0. The molecule has 1 saturated heterocycles. The highest BCUT2D eigenvalue weighted by atomic mass is 19.1. The summed E-state index contributed by atoms with van der Waals surface area (Å²) in [5, 5.41) is 26.3. The summed E-state index contributed by atoms with van der Waals surface area (Å²) in [5.41, 5.74) is 8.62. The number of ether oxygens (including phenoxy) is 2. The van der Waals surface area contributed by atoms with Gasteiger partial charge >= 0.3 is 0 Å². The van der Waals surface area contributed by atoms with Crippen molar-refractivity contribution >= 4 is 11.7 Å². The Balaban J connectivity index is 1.48. The van der Waals surface area contributed by atoms with Crippen molar-refractivity contribution in [2.45, 2.75) is 31.5 Å². The maximum absolute atomic E-state index is 13.6. The van der Waals surface area contributed by atoms with Crippen molar-refractivity contribution < 1.29 is 23.8 Å². The first-order valence-corrected chi connectivity index (χ1v) is 11.2. The van der Waals surface area contributed by atoms with Gasteiger partial charge in [-0.25, -0.2) is 9.07 Å². The Kier molecular flexibility index (Phi) is 7.29. The summed E-state index contributed by atoms with van der Waals surface area (Å²) in [6.45, 7) is 0.542. The number of hydrogen-bond donors (Lipinski definition) is 3. The quantitative estimate of drug-likeness (QED) is 0.474. The number of aliphatic hydroxyl groups excluding tert-OH is 1. The number of carbonyl (C=O) groups excluding carboxylic acids is 1. The van der Waals surface area contributed by atoms with Crippen molar-refractivity contribution in [1.82, 2.24) is 15.1 Å². The molecule has 4 N–H and O–H groups in total. The van der Waals surface area contributed by atoms with Crippen LogP contribution in [0, 0.1) is 17.1 Å². The number of rotatable bonds is 7. The lowest BCUT2D eigenvalue weighted by molar-refractivity contribution is -0.0406. The predicted octanol–water partition coefficient (Wildman–Crippen LogP) is 2.79. The first-order valence-electron chi connectivity index (χ1n) is 11.2. The Morgan fingerprint density at radius 1 is 1.34 bits per heavy atom. The number of aliphatic hydroxyl groups is 1. The highest BCUT2D eigenvalue weighted by Crippen LogP contribution is 2.32. The summed E-state index contributed by atoms with van der Waals surface area (Å²) in [4.78, 5) is 12.5. The van der Waals surface area contributed by atoms with E-state index in [0.29, 0.717) is 24.3 Å². The fraction of sp³-hybridized carbons (Fsp3) is 0.320. The van der Waals surface area contributed by atoms with Crippen LogP contribution in [-0.4, -0.2) is 47.2 Å². The molecule has 1 fully saturated rings. The molecular weight excluding hydrogens is 453 g/mol. The Morgan fingerprint density at radius 2 is 2.11 bits per heavy atom. The average Bonchev–Trinajstić information content (AvgIpc) is 3.23. The molecule has 182 valence electrons. The number of amides is 1. The summed E-state index contributed by atoms with van der Waals surface area (Å²) in [6.07, 6.45) is 1.23. The number of nitrogen functional groups attached to an aromatic ring is 1. The minimum atomic E-state index is -0.527. The molecule has 1 aliphatic heterocycles. The third kappa shape index (κ3) is 5.11. The number of nitrogens with two attached hydrogens (primary N) is 1. The Bertz CT molecular complexity index is 1240. The van der Waals surface area contributed by atoms with E-state index >= 15 is 0 Å². The summed E-state index contributed by atoms with van der Waals surface area (Å²) >= 11 is 0. The fourth-order valence-electron chi connectivity index (χ4n) is 4.08. The van der Waals surface area contributed by atoms with Crippen LogP contribution in [-0.2, 0) is 11.3 Å². The number of benzene rings is 2. The van der Waals surface area contributed by atoms with Gasteiger partial charge in [0.1, 0.15) is 34.7 Å². The van der Waals surface area contributed by atoms with Crippen LogP contribution in [0.1, 0.15) is 40.4 Å². The maximum atomic E-state index is 13.6. The van der Waals surface area contributed by atoms with E-state index in [9.17, 15) is 19.6 Å². The zero-order chi connectivity index (χ0) is 24.9. The van der Waals surface area contributed by atoms with Crippen molar-refractivity contribution in [3.63, 3.8) is 0 Å². The van der Waals surface area contributed by atoms with Gasteiger partial charge in [0.25, 0.3) is 5.91 Å². The molecule has 1 aliphatic rings. The number of nitrogens with one attached hydrogen (secondary N) is 1. The number of nitrogens with zero attached hydrogens (tertiary/aromatic N) is 3. The van der Waals surface area contributed by atoms with Crippen LogP contribution in [0.25, 0.3) is 11.3 Å². The van der Waals surface area contributed by atoms with E-state index in [4.69, 9.17) is 15.2 Å². The van der Waals surface area contributed by atoms with Crippen LogP contribution in [0.15, 0.2) is 42.5 Å². The smallest absolute Gasteiger partial charge is 0.255 e. The van der Waals surface area contributed by atoms with Crippen LogP contribution in [0.2, 0.25) is 0 Å². The molecule has 1 aromatic heterocycles. The van der Waals surface area contributed by atoms with Gasteiger partial charge in [-0.1, -0.05) is 24.3 Å². The molecule has 0 aliphatic carbocycles. The maximum Gasteiger partial charge on any atom is 0.255 e. The van der Waals surface area contributed by atoms with Crippen LogP contribution in [0.3, 0.4) is 0 Å². The third-order valence-electron chi connectivity index (χ3n) is 6.04. The fourth-order valence-corrected chi connectivity index (χ4v) is 4.08. The molecular formula is C25H26FN5O4. The molecule has 35 heavy (non-hydrogen) atoms. The molecule has 0 saturated carbocycles. The number of hydrogen-bond acceptors (Lipinski definition) is 7.